The Bertz CT molecular complexity index is 1420. The Labute approximate surface area is 248 Å². The van der Waals surface area contributed by atoms with Gasteiger partial charge in [-0.3, -0.25) is 18.8 Å². The SMILES string of the molecule is Cc1ccc(S(=O)(=O)OC[C@H]2CC[C@H](C(=O)N(CCN3CCN(c4ccccc4O)CC3)c3ccccn3)CC2)cc1. The first-order valence-electron chi connectivity index (χ1n) is 14.7. The Morgan fingerprint density at radius 1 is 0.952 bits per heavy atom. The fourth-order valence-electron chi connectivity index (χ4n) is 5.79. The van der Waals surface area contributed by atoms with Crippen LogP contribution in [0.4, 0.5) is 11.5 Å². The zero-order chi connectivity index (χ0) is 29.5. The van der Waals surface area contributed by atoms with E-state index in [1.807, 2.05) is 48.2 Å². The highest BCUT2D eigenvalue weighted by molar-refractivity contribution is 7.86. The van der Waals surface area contributed by atoms with E-state index in [1.54, 1.807) is 36.5 Å². The number of aryl methyl sites for hydroxylation is 1. The molecule has 2 fully saturated rings. The van der Waals surface area contributed by atoms with Crippen LogP contribution in [0.3, 0.4) is 0 Å². The van der Waals surface area contributed by atoms with Gasteiger partial charge in [0, 0.05) is 51.4 Å². The van der Waals surface area contributed by atoms with Crippen molar-refractivity contribution >= 4 is 27.5 Å². The maximum Gasteiger partial charge on any atom is 0.296 e. The van der Waals surface area contributed by atoms with Crippen LogP contribution in [-0.4, -0.2) is 75.2 Å². The number of carbonyl (C=O) groups excluding carboxylic acids is 1. The molecule has 2 aromatic carbocycles. The molecule has 0 bridgehead atoms. The lowest BCUT2D eigenvalue weighted by atomic mass is 9.81. The number of rotatable bonds is 10. The molecule has 1 aliphatic carbocycles. The van der Waals surface area contributed by atoms with Crippen LogP contribution in [0.5, 0.6) is 5.75 Å². The van der Waals surface area contributed by atoms with E-state index in [1.165, 1.54) is 0 Å². The van der Waals surface area contributed by atoms with E-state index in [-0.39, 0.29) is 29.2 Å². The van der Waals surface area contributed by atoms with Crippen LogP contribution in [-0.2, 0) is 19.1 Å². The normalized spacial score (nSPS) is 19.9. The molecule has 0 radical (unpaired) electrons. The van der Waals surface area contributed by atoms with Crippen molar-refractivity contribution in [3.8, 4) is 5.75 Å². The zero-order valence-electron chi connectivity index (χ0n) is 24.1. The Morgan fingerprint density at radius 3 is 2.31 bits per heavy atom. The number of pyridine rings is 1. The van der Waals surface area contributed by atoms with Crippen LogP contribution in [0, 0.1) is 18.8 Å². The van der Waals surface area contributed by atoms with Crippen LogP contribution in [0.1, 0.15) is 31.2 Å². The third-order valence-corrected chi connectivity index (χ3v) is 9.69. The molecular formula is C32H40N4O5S. The van der Waals surface area contributed by atoms with Gasteiger partial charge >= 0.3 is 0 Å². The third-order valence-electron chi connectivity index (χ3n) is 8.39. The molecule has 3 aromatic rings. The van der Waals surface area contributed by atoms with E-state index in [0.29, 0.717) is 31.0 Å². The van der Waals surface area contributed by atoms with Crippen molar-refractivity contribution < 1.29 is 22.5 Å². The van der Waals surface area contributed by atoms with Crippen LogP contribution < -0.4 is 9.80 Å². The number of para-hydroxylation sites is 2. The molecule has 10 heteroatoms. The van der Waals surface area contributed by atoms with E-state index in [2.05, 4.69) is 14.8 Å². The highest BCUT2D eigenvalue weighted by Crippen LogP contribution is 2.32. The van der Waals surface area contributed by atoms with Crippen LogP contribution >= 0.6 is 0 Å². The van der Waals surface area contributed by atoms with E-state index >= 15 is 0 Å². The number of benzene rings is 2. The lowest BCUT2D eigenvalue weighted by Crippen LogP contribution is -2.50. The molecule has 1 saturated carbocycles. The molecule has 224 valence electrons. The first-order chi connectivity index (χ1) is 20.3. The molecule has 9 nitrogen and oxygen atoms in total. The minimum absolute atomic E-state index is 0.0770. The van der Waals surface area contributed by atoms with E-state index < -0.39 is 10.1 Å². The van der Waals surface area contributed by atoms with Crippen molar-refractivity contribution in [2.24, 2.45) is 11.8 Å². The molecule has 1 saturated heterocycles. The molecule has 2 heterocycles. The predicted molar refractivity (Wildman–Crippen MR) is 163 cm³/mol. The van der Waals surface area contributed by atoms with Crippen LogP contribution in [0.25, 0.3) is 0 Å². The van der Waals surface area contributed by atoms with Gasteiger partial charge in [-0.15, -0.1) is 0 Å². The van der Waals surface area contributed by atoms with Crippen molar-refractivity contribution in [1.29, 1.82) is 0 Å². The van der Waals surface area contributed by atoms with Gasteiger partial charge in [-0.25, -0.2) is 4.98 Å². The molecule has 1 aromatic heterocycles. The van der Waals surface area contributed by atoms with Crippen molar-refractivity contribution in [1.82, 2.24) is 9.88 Å². The summed E-state index contributed by atoms with van der Waals surface area (Å²) in [5.74, 6) is 0.998. The number of nitrogens with zero attached hydrogens (tertiary/aromatic N) is 4. The van der Waals surface area contributed by atoms with Gasteiger partial charge in [0.1, 0.15) is 11.6 Å². The summed E-state index contributed by atoms with van der Waals surface area (Å²) in [7, 11) is -3.80. The van der Waals surface area contributed by atoms with Gasteiger partial charge in [-0.1, -0.05) is 35.9 Å². The minimum Gasteiger partial charge on any atom is -0.506 e. The second-order valence-corrected chi connectivity index (χ2v) is 12.9. The number of amides is 1. The number of phenolic OH excluding ortho intramolecular Hbond substituents is 1. The maximum absolute atomic E-state index is 13.8. The van der Waals surface area contributed by atoms with Gasteiger partial charge in [-0.2, -0.15) is 8.42 Å². The quantitative estimate of drug-likeness (QED) is 0.344. The standard InChI is InChI=1S/C32H40N4O5S/c1-25-9-15-28(16-10-25)42(39,40)41-24-26-11-13-27(14-12-26)32(38)36(31-8-4-5-17-33-31)23-20-34-18-21-35(22-19-34)29-6-2-3-7-30(29)37/h2-10,15-17,26-27,37H,11-14,18-24H2,1H3/t26-,27-. The van der Waals surface area contributed by atoms with Gasteiger partial charge in [0.2, 0.25) is 5.91 Å². The predicted octanol–water partition coefficient (Wildman–Crippen LogP) is 4.46. The van der Waals surface area contributed by atoms with Crippen molar-refractivity contribution in [3.63, 3.8) is 0 Å². The summed E-state index contributed by atoms with van der Waals surface area (Å²) >= 11 is 0. The number of hydrogen-bond donors (Lipinski definition) is 1. The van der Waals surface area contributed by atoms with E-state index in [9.17, 15) is 18.3 Å². The number of carbonyl (C=O) groups is 1. The largest absolute Gasteiger partial charge is 0.506 e. The Balaban J connectivity index is 1.13. The molecule has 2 aliphatic rings. The van der Waals surface area contributed by atoms with E-state index in [0.717, 1.165) is 56.8 Å². The molecule has 1 aliphatic heterocycles. The number of hydrogen-bond acceptors (Lipinski definition) is 8. The molecule has 1 N–H and O–H groups in total. The first-order valence-corrected chi connectivity index (χ1v) is 16.1. The molecule has 5 rings (SSSR count). The second kappa shape index (κ2) is 13.7. The lowest BCUT2D eigenvalue weighted by Gasteiger charge is -2.37. The average Bonchev–Trinajstić information content (AvgIpc) is 3.02. The average molecular weight is 593 g/mol. The number of aromatic hydroxyl groups is 1. The summed E-state index contributed by atoms with van der Waals surface area (Å²) in [6.45, 7) is 6.62. The van der Waals surface area contributed by atoms with Gasteiger partial charge in [0.15, 0.2) is 0 Å². The summed E-state index contributed by atoms with van der Waals surface area (Å²) in [5.41, 5.74) is 1.85. The second-order valence-electron chi connectivity index (χ2n) is 11.3. The summed E-state index contributed by atoms with van der Waals surface area (Å²) < 4.78 is 30.6. The minimum atomic E-state index is -3.80. The highest BCUT2D eigenvalue weighted by Gasteiger charge is 2.32. The number of phenols is 1. The summed E-state index contributed by atoms with van der Waals surface area (Å²) in [4.78, 5) is 24.8. The molecule has 42 heavy (non-hydrogen) atoms. The fraction of sp³-hybridized carbons (Fsp3) is 0.438. The van der Waals surface area contributed by atoms with Crippen molar-refractivity contribution in [2.75, 3.05) is 55.7 Å². The van der Waals surface area contributed by atoms with Crippen molar-refractivity contribution in [2.45, 2.75) is 37.5 Å². The van der Waals surface area contributed by atoms with Crippen LogP contribution in [0.2, 0.25) is 0 Å². The molecular weight excluding hydrogens is 552 g/mol. The first kappa shape index (κ1) is 30.0. The molecule has 1 amide bonds. The number of anilines is 2. The van der Waals surface area contributed by atoms with Crippen LogP contribution in [0.15, 0.2) is 77.8 Å². The van der Waals surface area contributed by atoms with Crippen molar-refractivity contribution in [3.05, 3.63) is 78.5 Å². The number of aromatic nitrogens is 1. The topological polar surface area (TPSA) is 103 Å². The van der Waals surface area contributed by atoms with E-state index in [4.69, 9.17) is 4.18 Å². The Morgan fingerprint density at radius 2 is 1.64 bits per heavy atom. The molecule has 0 unspecified atom stereocenters. The lowest BCUT2D eigenvalue weighted by molar-refractivity contribution is -0.123. The van der Waals surface area contributed by atoms with Gasteiger partial charge in [0.05, 0.1) is 17.2 Å². The Hall–Kier alpha value is -3.47. The molecule has 0 atom stereocenters. The third kappa shape index (κ3) is 7.48. The highest BCUT2D eigenvalue weighted by atomic mass is 32.2. The van der Waals surface area contributed by atoms with Gasteiger partial charge in [0.25, 0.3) is 10.1 Å². The maximum atomic E-state index is 13.8. The Kier molecular flexibility index (Phi) is 9.76. The monoisotopic (exact) mass is 592 g/mol. The van der Waals surface area contributed by atoms with Gasteiger partial charge < -0.3 is 10.0 Å². The summed E-state index contributed by atoms with van der Waals surface area (Å²) in [6.07, 6.45) is 4.58. The van der Waals surface area contributed by atoms with Gasteiger partial charge in [-0.05, 0) is 74.9 Å². The fourth-order valence-corrected chi connectivity index (χ4v) is 6.77. The number of piperazine rings is 1. The smallest absolute Gasteiger partial charge is 0.296 e. The molecule has 0 spiro atoms. The zero-order valence-corrected chi connectivity index (χ0v) is 25.0. The summed E-state index contributed by atoms with van der Waals surface area (Å²) in [5, 5.41) is 10.2. The summed E-state index contributed by atoms with van der Waals surface area (Å²) in [6, 6.07) is 19.7.